The van der Waals surface area contributed by atoms with Gasteiger partial charge in [0.15, 0.2) is 0 Å². The molecule has 0 saturated carbocycles. The lowest BCUT2D eigenvalue weighted by molar-refractivity contribution is -0.683. The summed E-state index contributed by atoms with van der Waals surface area (Å²) >= 11 is 0. The molecule has 0 spiro atoms. The maximum Gasteiger partial charge on any atom is 0.0802 e. The Kier molecular flexibility index (Phi) is 7.19. The number of nitrogens with two attached hydrogens (primary N) is 1. The number of hydrazine groups is 1. The van der Waals surface area contributed by atoms with E-state index in [2.05, 4.69) is 24.5 Å². The molecule has 0 rings (SSSR count). The summed E-state index contributed by atoms with van der Waals surface area (Å²) in [6.07, 6.45) is 0.866. The zero-order chi connectivity index (χ0) is 11.8. The van der Waals surface area contributed by atoms with Gasteiger partial charge < -0.3 is 10.5 Å². The van der Waals surface area contributed by atoms with Crippen molar-refractivity contribution in [2.24, 2.45) is 5.29 Å². The van der Waals surface area contributed by atoms with Crippen LogP contribution in [0.4, 0.5) is 0 Å². The Hall–Kier alpha value is -0.720. The van der Waals surface area contributed by atoms with Gasteiger partial charge in [-0.3, -0.25) is 5.28 Å². The largest absolute Gasteiger partial charge is 0.724 e. The van der Waals surface area contributed by atoms with Gasteiger partial charge in [0.2, 0.25) is 0 Å². The smallest absolute Gasteiger partial charge is 0.0802 e. The Morgan fingerprint density at radius 2 is 1.93 bits per heavy atom. The first-order valence-corrected chi connectivity index (χ1v) is 5.39. The summed E-state index contributed by atoms with van der Waals surface area (Å²) in [5, 5.41) is 17.2. The number of nitrogens with zero attached hydrogens (tertiary/aromatic N) is 3. The molecule has 0 heterocycles. The van der Waals surface area contributed by atoms with Crippen molar-refractivity contribution in [2.45, 2.75) is 46.2 Å². The average molecular weight is 218 g/mol. The third kappa shape index (κ3) is 6.38. The van der Waals surface area contributed by atoms with Crippen molar-refractivity contribution < 1.29 is 5.32 Å². The van der Waals surface area contributed by atoms with Gasteiger partial charge >= 0.3 is 0 Å². The molecule has 0 bridgehead atoms. The summed E-state index contributed by atoms with van der Waals surface area (Å²) < 4.78 is 0. The van der Waals surface area contributed by atoms with E-state index in [1.54, 1.807) is 0 Å². The SMILES string of the molecule is CC(C)[NH2+]CCCN(C(C)C)N([O-])N=O. The average Bonchev–Trinajstić information content (AvgIpc) is 2.15. The van der Waals surface area contributed by atoms with Crippen LogP contribution in [-0.4, -0.2) is 35.5 Å². The second-order valence-corrected chi connectivity index (χ2v) is 4.21. The van der Waals surface area contributed by atoms with Gasteiger partial charge in [-0.25, -0.2) is 5.01 Å². The number of nitroso groups, excluding NO2 is 1. The molecule has 0 aliphatic carbocycles. The second kappa shape index (κ2) is 7.56. The first-order valence-electron chi connectivity index (χ1n) is 5.39. The van der Waals surface area contributed by atoms with Crippen molar-refractivity contribution in [1.29, 1.82) is 0 Å². The predicted molar refractivity (Wildman–Crippen MR) is 59.4 cm³/mol. The molecular formula is C9H22N4O2. The zero-order valence-electron chi connectivity index (χ0n) is 10.0. The van der Waals surface area contributed by atoms with Crippen LogP contribution in [0.25, 0.3) is 0 Å². The van der Waals surface area contributed by atoms with Crippen molar-refractivity contribution in [3.8, 4) is 0 Å². The van der Waals surface area contributed by atoms with Crippen molar-refractivity contribution in [3.63, 3.8) is 0 Å². The molecule has 90 valence electrons. The first kappa shape index (κ1) is 14.3. The van der Waals surface area contributed by atoms with E-state index >= 15 is 0 Å². The van der Waals surface area contributed by atoms with Crippen molar-refractivity contribution in [1.82, 2.24) is 10.3 Å². The van der Waals surface area contributed by atoms with Crippen LogP contribution in [0.2, 0.25) is 0 Å². The quantitative estimate of drug-likeness (QED) is 0.365. The molecule has 6 nitrogen and oxygen atoms in total. The minimum Gasteiger partial charge on any atom is -0.724 e. The lowest BCUT2D eigenvalue weighted by atomic mass is 10.3. The Balaban J connectivity index is 3.82. The second-order valence-electron chi connectivity index (χ2n) is 4.21. The lowest BCUT2D eigenvalue weighted by Gasteiger charge is -2.36. The van der Waals surface area contributed by atoms with Crippen molar-refractivity contribution in [2.75, 3.05) is 13.1 Å². The summed E-state index contributed by atoms with van der Waals surface area (Å²) in [4.78, 5) is 10.1. The highest BCUT2D eigenvalue weighted by molar-refractivity contribution is 4.59. The summed E-state index contributed by atoms with van der Waals surface area (Å²) in [5.74, 6) is 0. The highest BCUT2D eigenvalue weighted by atomic mass is 16.6. The maximum atomic E-state index is 11.0. The molecule has 0 fully saturated rings. The van der Waals surface area contributed by atoms with Gasteiger partial charge in [-0.15, -0.1) is 4.91 Å². The molecule has 0 atom stereocenters. The van der Waals surface area contributed by atoms with Crippen LogP contribution in [0.3, 0.4) is 0 Å². The number of hydrogen-bond donors (Lipinski definition) is 1. The first-order chi connectivity index (χ1) is 6.99. The van der Waals surface area contributed by atoms with Crippen LogP contribution in [0, 0.1) is 10.1 Å². The minimum atomic E-state index is -0.000694. The number of hydrogen-bond acceptors (Lipinski definition) is 4. The van der Waals surface area contributed by atoms with Crippen molar-refractivity contribution in [3.05, 3.63) is 10.1 Å². The van der Waals surface area contributed by atoms with E-state index < -0.39 is 0 Å². The molecule has 0 aliphatic heterocycles. The fourth-order valence-corrected chi connectivity index (χ4v) is 1.29. The van der Waals surface area contributed by atoms with E-state index in [4.69, 9.17) is 0 Å². The normalized spacial score (nSPS) is 11.5. The Bertz CT molecular complexity index is 175. The molecule has 0 aliphatic rings. The molecule has 0 amide bonds. The van der Waals surface area contributed by atoms with Gasteiger partial charge in [0.1, 0.15) is 0 Å². The Labute approximate surface area is 91.1 Å². The molecule has 2 N–H and O–H groups in total. The van der Waals surface area contributed by atoms with Crippen LogP contribution in [0.1, 0.15) is 34.1 Å². The number of quaternary nitrogens is 1. The molecule has 0 aromatic heterocycles. The molecule has 15 heavy (non-hydrogen) atoms. The molecule has 0 aromatic carbocycles. The third-order valence-corrected chi connectivity index (χ3v) is 2.12. The van der Waals surface area contributed by atoms with E-state index in [0.29, 0.717) is 12.6 Å². The minimum absolute atomic E-state index is 0.000694. The molecule has 0 aromatic rings. The summed E-state index contributed by atoms with van der Waals surface area (Å²) in [7, 11) is 0. The predicted octanol–water partition coefficient (Wildman–Crippen LogP) is 0.455. The monoisotopic (exact) mass is 218 g/mol. The summed E-state index contributed by atoms with van der Waals surface area (Å²) in [5.41, 5.74) is 0. The van der Waals surface area contributed by atoms with Crippen LogP contribution in [0.5, 0.6) is 0 Å². The Morgan fingerprint density at radius 1 is 1.33 bits per heavy atom. The van der Waals surface area contributed by atoms with Gasteiger partial charge in [0.05, 0.1) is 17.9 Å². The van der Waals surface area contributed by atoms with Crippen LogP contribution < -0.4 is 5.32 Å². The van der Waals surface area contributed by atoms with Gasteiger partial charge in [-0.2, -0.15) is 0 Å². The molecule has 6 heteroatoms. The zero-order valence-corrected chi connectivity index (χ0v) is 10.0. The topological polar surface area (TPSA) is 75.6 Å². The number of rotatable bonds is 8. The van der Waals surface area contributed by atoms with Crippen LogP contribution >= 0.6 is 0 Å². The van der Waals surface area contributed by atoms with Gasteiger partial charge in [0, 0.05) is 19.0 Å². The fraction of sp³-hybridized carbons (Fsp3) is 1.00. The van der Waals surface area contributed by atoms with Crippen LogP contribution in [-0.2, 0) is 0 Å². The van der Waals surface area contributed by atoms with E-state index in [1.165, 1.54) is 5.01 Å². The third-order valence-electron chi connectivity index (χ3n) is 2.12. The van der Waals surface area contributed by atoms with E-state index in [1.807, 2.05) is 13.8 Å². The summed E-state index contributed by atoms with van der Waals surface area (Å²) in [6.45, 7) is 9.48. The maximum absolute atomic E-state index is 11.0. The lowest BCUT2D eigenvalue weighted by Crippen LogP contribution is -2.88. The molecular weight excluding hydrogens is 196 g/mol. The van der Waals surface area contributed by atoms with Crippen molar-refractivity contribution >= 4 is 0 Å². The van der Waals surface area contributed by atoms with E-state index in [-0.39, 0.29) is 11.3 Å². The highest BCUT2D eigenvalue weighted by Crippen LogP contribution is 2.03. The van der Waals surface area contributed by atoms with Crippen LogP contribution in [0.15, 0.2) is 5.29 Å². The molecule has 0 radical (unpaired) electrons. The van der Waals surface area contributed by atoms with Gasteiger partial charge in [0.25, 0.3) is 0 Å². The standard InChI is InChI=1S/C9H21N4O2/c1-8(2)10-6-5-7-12(9(3)4)13(15)11-14/h8-10H,5-7H2,1-4H3/q-1/p+1. The van der Waals surface area contributed by atoms with E-state index in [9.17, 15) is 10.1 Å². The van der Waals surface area contributed by atoms with E-state index in [0.717, 1.165) is 13.0 Å². The van der Waals surface area contributed by atoms with Gasteiger partial charge in [-0.1, -0.05) is 0 Å². The molecule has 0 unspecified atom stereocenters. The highest BCUT2D eigenvalue weighted by Gasteiger charge is 2.11. The summed E-state index contributed by atoms with van der Waals surface area (Å²) in [6, 6.07) is 0.560. The fourth-order valence-electron chi connectivity index (χ4n) is 1.29. The Morgan fingerprint density at radius 3 is 2.33 bits per heavy atom. The molecule has 0 saturated heterocycles. The van der Waals surface area contributed by atoms with Gasteiger partial charge in [-0.05, 0) is 27.7 Å².